The second kappa shape index (κ2) is 4.99. The van der Waals surface area contributed by atoms with Gasteiger partial charge in [-0.2, -0.15) is 0 Å². The van der Waals surface area contributed by atoms with Crippen LogP contribution in [0.4, 0.5) is 0 Å². The van der Waals surface area contributed by atoms with Gasteiger partial charge in [0.25, 0.3) is 0 Å². The van der Waals surface area contributed by atoms with Crippen LogP contribution < -0.4 is 0 Å². The molecule has 1 N–H and O–H groups in total. The molecule has 0 saturated carbocycles. The molecule has 56 valence electrons. The summed E-state index contributed by atoms with van der Waals surface area (Å²) in [6, 6.07) is 6.33. The molecule has 0 spiro atoms. The van der Waals surface area contributed by atoms with Gasteiger partial charge < -0.3 is 7.96 Å². The van der Waals surface area contributed by atoms with Crippen molar-refractivity contribution in [2.24, 2.45) is 0 Å². The van der Waals surface area contributed by atoms with E-state index >= 15 is 0 Å². The first kappa shape index (κ1) is 11.2. The zero-order valence-corrected chi connectivity index (χ0v) is 8.71. The molecule has 0 saturated heterocycles. The third-order valence-corrected chi connectivity index (χ3v) is 1.43. The van der Waals surface area contributed by atoms with E-state index in [1.807, 2.05) is 0 Å². The van der Waals surface area contributed by atoms with Gasteiger partial charge in [0.1, 0.15) is 0 Å². The van der Waals surface area contributed by atoms with Crippen LogP contribution in [0.15, 0.2) is 24.3 Å². The summed E-state index contributed by atoms with van der Waals surface area (Å²) in [5.74, 6) is -0.995. The molecule has 0 aliphatic rings. The van der Waals surface area contributed by atoms with E-state index < -0.39 is 5.97 Å². The molecule has 0 aromatic heterocycles. The molecule has 0 atom stereocenters. The fourth-order valence-corrected chi connectivity index (χ4v) is 0.851. The monoisotopic (exact) mass is 198 g/mol. The normalized spacial score (nSPS) is 8.45. The van der Waals surface area contributed by atoms with Crippen LogP contribution in [-0.2, 0) is 0 Å². The fraction of sp³-hybridized carbons (Fsp3) is 0. The summed E-state index contributed by atoms with van der Waals surface area (Å²) in [6.07, 6.45) is 0. The van der Waals surface area contributed by atoms with Crippen molar-refractivity contribution in [3.63, 3.8) is 0 Å². The molecule has 1 aromatic carbocycles. The smallest absolute Gasteiger partial charge is 1.00 e. The van der Waals surface area contributed by atoms with Gasteiger partial charge in [-0.25, -0.2) is 4.79 Å². The Morgan fingerprint density at radius 1 is 1.45 bits per heavy atom. The van der Waals surface area contributed by atoms with Gasteiger partial charge in [-0.1, -0.05) is 23.7 Å². The van der Waals surface area contributed by atoms with Gasteiger partial charge in [0.2, 0.25) is 0 Å². The molecular weight excluding hydrogens is 192 g/mol. The summed E-state index contributed by atoms with van der Waals surface area (Å²) in [6.45, 7) is 0. The summed E-state index contributed by atoms with van der Waals surface area (Å²) in [4.78, 5) is 10.3. The number of aromatic carboxylic acids is 1. The predicted molar refractivity (Wildman–Crippen MR) is 46.4 cm³/mol. The Kier molecular flexibility index (Phi) is 5.10. The van der Waals surface area contributed by atoms with Crippen LogP contribution in [0.1, 0.15) is 13.2 Å². The van der Waals surface area contributed by atoms with Crippen molar-refractivity contribution in [3.05, 3.63) is 34.9 Å². The molecule has 0 amide bonds. The van der Waals surface area contributed by atoms with Crippen LogP contribution in [-0.4, -0.2) is 48.8 Å². The molecule has 0 aliphatic heterocycles. The third kappa shape index (κ3) is 2.99. The number of carbonyl (C=O) groups is 1. The Balaban J connectivity index is -0.000000333. The van der Waals surface area contributed by atoms with Crippen LogP contribution in [0, 0.1) is 0 Å². The van der Waals surface area contributed by atoms with Crippen molar-refractivity contribution in [1.29, 1.82) is 0 Å². The summed E-state index contributed by atoms with van der Waals surface area (Å²) in [7, 11) is 0. The third-order valence-electron chi connectivity index (χ3n) is 1.10. The van der Waals surface area contributed by atoms with Gasteiger partial charge in [-0.15, -0.1) is 0 Å². The van der Waals surface area contributed by atoms with E-state index in [1.54, 1.807) is 18.2 Å². The quantitative estimate of drug-likeness (QED) is 0.700. The van der Waals surface area contributed by atoms with Gasteiger partial charge in [0.15, 0.2) is 0 Å². The molecule has 0 aliphatic carbocycles. The van der Waals surface area contributed by atoms with E-state index in [0.717, 1.165) is 0 Å². The van der Waals surface area contributed by atoms with E-state index in [0.29, 0.717) is 0 Å². The minimum absolute atomic E-state index is 0. The Morgan fingerprint density at radius 2 is 2.00 bits per heavy atom. The Bertz CT molecular complexity index is 270. The number of hydrogen-bond acceptors (Lipinski definition) is 1. The van der Waals surface area contributed by atoms with Gasteiger partial charge in [-0.05, 0) is 12.1 Å². The van der Waals surface area contributed by atoms with E-state index in [-0.39, 0.29) is 51.2 Å². The Labute approximate surface area is 102 Å². The summed E-state index contributed by atoms with van der Waals surface area (Å²) in [5, 5.41) is 8.75. The van der Waals surface area contributed by atoms with Gasteiger partial charge in [0, 0.05) is 0 Å². The molecule has 4 heteroatoms. The van der Waals surface area contributed by atoms with Crippen molar-refractivity contribution in [2.75, 3.05) is 0 Å². The first-order valence-electron chi connectivity index (χ1n) is 2.69. The molecule has 0 heterocycles. The number of hydrogen-bond donors (Lipinski definition) is 1. The topological polar surface area (TPSA) is 37.3 Å². The summed E-state index contributed by atoms with van der Waals surface area (Å²) in [5.41, 5.74) is 0.143. The molecule has 1 rings (SSSR count). The minimum atomic E-state index is -0.995. The zero-order valence-electron chi connectivity index (χ0n) is 7.75. The first-order chi connectivity index (χ1) is 4.72. The molecule has 0 bridgehead atoms. The Hall–Kier alpha value is 0.240. The number of carboxylic acids is 1. The van der Waals surface area contributed by atoms with Gasteiger partial charge in [0.05, 0.1) is 10.6 Å². The average molecular weight is 199 g/mol. The molecule has 0 unspecified atom stereocenters. The average Bonchev–Trinajstić information content (AvgIpc) is 1.88. The fourth-order valence-electron chi connectivity index (χ4n) is 0.635. The van der Waals surface area contributed by atoms with E-state index in [2.05, 4.69) is 0 Å². The number of rotatable bonds is 1. The number of carboxylic acid groups (broad SMARTS) is 1. The standard InChI is InChI=1S/C7H5ClO2.Ca.2H/c8-6-4-2-1-3-5(6)7(9)10;;;/h1-4H,(H,9,10);;;/q;+2;2*-1. The first-order valence-corrected chi connectivity index (χ1v) is 3.07. The van der Waals surface area contributed by atoms with E-state index in [9.17, 15) is 4.79 Å². The molecule has 11 heavy (non-hydrogen) atoms. The van der Waals surface area contributed by atoms with E-state index in [1.165, 1.54) is 6.07 Å². The van der Waals surface area contributed by atoms with E-state index in [4.69, 9.17) is 16.7 Å². The second-order valence-corrected chi connectivity index (χ2v) is 2.19. The molecule has 1 aromatic rings. The maximum Gasteiger partial charge on any atom is 2.00 e. The summed E-state index contributed by atoms with van der Waals surface area (Å²) >= 11 is 5.54. The van der Waals surface area contributed by atoms with Crippen LogP contribution in [0.25, 0.3) is 0 Å². The second-order valence-electron chi connectivity index (χ2n) is 1.78. The van der Waals surface area contributed by atoms with Gasteiger partial charge >= 0.3 is 43.7 Å². The molecule has 0 fully saturated rings. The van der Waals surface area contributed by atoms with Crippen molar-refractivity contribution < 1.29 is 12.8 Å². The molecule has 2 nitrogen and oxygen atoms in total. The van der Waals surface area contributed by atoms with Crippen LogP contribution in [0.3, 0.4) is 0 Å². The summed E-state index contributed by atoms with van der Waals surface area (Å²) < 4.78 is 0. The SMILES string of the molecule is O=C(O)c1ccccc1Cl.[Ca+2].[H-].[H-]. The maximum absolute atomic E-state index is 10.3. The predicted octanol–water partition coefficient (Wildman–Crippen LogP) is 1.88. The maximum atomic E-state index is 10.3. The molecular formula is C7H7CaClO2. The Morgan fingerprint density at radius 3 is 2.36 bits per heavy atom. The van der Waals surface area contributed by atoms with Crippen LogP contribution in [0.2, 0.25) is 5.02 Å². The number of halogens is 1. The van der Waals surface area contributed by atoms with Gasteiger partial charge in [-0.3, -0.25) is 0 Å². The minimum Gasteiger partial charge on any atom is -1.00 e. The van der Waals surface area contributed by atoms with Crippen molar-refractivity contribution in [3.8, 4) is 0 Å². The van der Waals surface area contributed by atoms with Crippen LogP contribution in [0.5, 0.6) is 0 Å². The van der Waals surface area contributed by atoms with Crippen molar-refractivity contribution >= 4 is 55.3 Å². The van der Waals surface area contributed by atoms with Crippen LogP contribution >= 0.6 is 11.6 Å². The largest absolute Gasteiger partial charge is 2.00 e. The molecule has 0 radical (unpaired) electrons. The van der Waals surface area contributed by atoms with Crippen molar-refractivity contribution in [1.82, 2.24) is 0 Å². The zero-order chi connectivity index (χ0) is 7.56. The van der Waals surface area contributed by atoms with Crippen molar-refractivity contribution in [2.45, 2.75) is 0 Å². The number of benzene rings is 1.